The van der Waals surface area contributed by atoms with E-state index in [1.165, 1.54) is 4.90 Å². The van der Waals surface area contributed by atoms with Gasteiger partial charge in [0.25, 0.3) is 0 Å². The minimum Gasteiger partial charge on any atom is -0.480 e. The Morgan fingerprint density at radius 1 is 1.18 bits per heavy atom. The zero-order chi connectivity index (χ0) is 20.4. The average Bonchev–Trinajstić information content (AvgIpc) is 2.72. The fourth-order valence-electron chi connectivity index (χ4n) is 3.80. The largest absolute Gasteiger partial charge is 0.480 e. The van der Waals surface area contributed by atoms with E-state index in [1.807, 2.05) is 37.3 Å². The Balaban J connectivity index is 2.22. The van der Waals surface area contributed by atoms with E-state index in [-0.39, 0.29) is 24.9 Å². The summed E-state index contributed by atoms with van der Waals surface area (Å²) in [6, 6.07) is 12.9. The molecule has 0 aromatic heterocycles. The molecule has 0 aliphatic carbocycles. The van der Waals surface area contributed by atoms with Crippen molar-refractivity contribution in [3.8, 4) is 0 Å². The molecule has 0 saturated heterocycles. The smallest absolute Gasteiger partial charge is 0.323 e. The second-order valence-electron chi connectivity index (χ2n) is 7.17. The van der Waals surface area contributed by atoms with Crippen molar-refractivity contribution in [2.24, 2.45) is 0 Å². The summed E-state index contributed by atoms with van der Waals surface area (Å²) in [5, 5.41) is 10.5. The van der Waals surface area contributed by atoms with Gasteiger partial charge in [-0.25, -0.2) is 0 Å². The summed E-state index contributed by atoms with van der Waals surface area (Å²) in [6.45, 7) is 5.66. The molecule has 28 heavy (non-hydrogen) atoms. The molecule has 0 spiro atoms. The molecule has 0 saturated carbocycles. The number of hydrogen-bond donors (Lipinski definition) is 1. The summed E-state index contributed by atoms with van der Waals surface area (Å²) >= 11 is 12.8. The summed E-state index contributed by atoms with van der Waals surface area (Å²) in [7, 11) is 0. The minimum absolute atomic E-state index is 0.217. The predicted octanol–water partition coefficient (Wildman–Crippen LogP) is 5.10. The summed E-state index contributed by atoms with van der Waals surface area (Å²) in [6.07, 6.45) is 0.443. The Morgan fingerprint density at radius 3 is 2.54 bits per heavy atom. The van der Waals surface area contributed by atoms with Crippen molar-refractivity contribution in [2.45, 2.75) is 25.2 Å². The predicted molar refractivity (Wildman–Crippen MR) is 111 cm³/mol. The highest BCUT2D eigenvalue weighted by atomic mass is 35.5. The minimum atomic E-state index is -1.05. The highest BCUT2D eigenvalue weighted by Crippen LogP contribution is 2.41. The number of rotatable bonds is 5. The van der Waals surface area contributed by atoms with Crippen LogP contribution in [0.2, 0.25) is 10.0 Å². The number of carboxylic acid groups (broad SMARTS) is 1. The molecule has 6 heteroatoms. The van der Waals surface area contributed by atoms with Crippen LogP contribution in [-0.2, 0) is 9.59 Å². The highest BCUT2D eigenvalue weighted by molar-refractivity contribution is 6.31. The van der Waals surface area contributed by atoms with Crippen molar-refractivity contribution in [2.75, 3.05) is 13.1 Å². The van der Waals surface area contributed by atoms with Gasteiger partial charge in [-0.3, -0.25) is 9.59 Å². The molecule has 0 unspecified atom stereocenters. The van der Waals surface area contributed by atoms with E-state index in [9.17, 15) is 14.7 Å². The molecule has 4 nitrogen and oxygen atoms in total. The van der Waals surface area contributed by atoms with Crippen molar-refractivity contribution < 1.29 is 14.7 Å². The third-order valence-corrected chi connectivity index (χ3v) is 5.55. The van der Waals surface area contributed by atoms with Gasteiger partial charge in [-0.05, 0) is 48.2 Å². The number of benzene rings is 2. The average molecular weight is 418 g/mol. The van der Waals surface area contributed by atoms with E-state index in [4.69, 9.17) is 23.2 Å². The molecule has 1 aliphatic heterocycles. The number of amides is 1. The molecule has 1 N–H and O–H groups in total. The standard InChI is InChI=1S/C22H21Cl2NO3/c1-13(2)9-18-15-8-7-14(23)10-17(15)19(16-5-3-4-6-20(16)24)11-25(22(18)28)12-21(26)27/h3-8,10,18-19H,1,9,11-12H2,2H3,(H,26,27)/t18-,19-/m1/s1. The number of carbonyl (C=O) groups excluding carboxylic acids is 1. The van der Waals surface area contributed by atoms with Crippen molar-refractivity contribution in [3.63, 3.8) is 0 Å². The third kappa shape index (κ3) is 4.23. The topological polar surface area (TPSA) is 57.6 Å². The van der Waals surface area contributed by atoms with Crippen molar-refractivity contribution in [1.82, 2.24) is 4.90 Å². The van der Waals surface area contributed by atoms with E-state index < -0.39 is 11.9 Å². The van der Waals surface area contributed by atoms with E-state index in [2.05, 4.69) is 6.58 Å². The maximum atomic E-state index is 13.3. The van der Waals surface area contributed by atoms with E-state index in [1.54, 1.807) is 12.1 Å². The molecule has 0 bridgehead atoms. The second kappa shape index (κ2) is 8.38. The normalized spacial score (nSPS) is 19.1. The van der Waals surface area contributed by atoms with E-state index >= 15 is 0 Å². The SMILES string of the molecule is C=C(C)C[C@H]1C(=O)N(CC(=O)O)C[C@H](c2ccccc2Cl)c2cc(Cl)ccc21. The lowest BCUT2D eigenvalue weighted by Crippen LogP contribution is -2.39. The lowest BCUT2D eigenvalue weighted by atomic mass is 9.83. The Hall–Kier alpha value is -2.30. The number of fused-ring (bicyclic) bond motifs is 1. The van der Waals surface area contributed by atoms with E-state index in [0.717, 1.165) is 22.3 Å². The van der Waals surface area contributed by atoms with Gasteiger partial charge in [0, 0.05) is 22.5 Å². The van der Waals surface area contributed by atoms with Crippen LogP contribution in [0.15, 0.2) is 54.6 Å². The van der Waals surface area contributed by atoms with Crippen molar-refractivity contribution in [3.05, 3.63) is 81.4 Å². The summed E-state index contributed by atoms with van der Waals surface area (Å²) in [5.74, 6) is -2.05. The van der Waals surface area contributed by atoms with Gasteiger partial charge in [0.2, 0.25) is 5.91 Å². The van der Waals surface area contributed by atoms with Crippen molar-refractivity contribution in [1.29, 1.82) is 0 Å². The number of allylic oxidation sites excluding steroid dienone is 1. The van der Waals surface area contributed by atoms with Gasteiger partial charge in [0.05, 0.1) is 5.92 Å². The first-order valence-electron chi connectivity index (χ1n) is 8.96. The molecule has 0 fully saturated rings. The third-order valence-electron chi connectivity index (χ3n) is 4.97. The quantitative estimate of drug-likeness (QED) is 0.688. The van der Waals surface area contributed by atoms with Gasteiger partial charge in [-0.1, -0.05) is 53.0 Å². The number of aliphatic carboxylic acids is 1. The first-order chi connectivity index (χ1) is 13.3. The Kier molecular flexibility index (Phi) is 6.11. The lowest BCUT2D eigenvalue weighted by molar-refractivity contribution is -0.145. The molecule has 2 atom stereocenters. The summed E-state index contributed by atoms with van der Waals surface area (Å²) < 4.78 is 0. The molecule has 1 amide bonds. The summed E-state index contributed by atoms with van der Waals surface area (Å²) in [4.78, 5) is 26.1. The Bertz CT molecular complexity index is 941. The molecule has 1 aliphatic rings. The van der Waals surface area contributed by atoms with Gasteiger partial charge in [0.15, 0.2) is 0 Å². The number of hydrogen-bond acceptors (Lipinski definition) is 2. The van der Waals surface area contributed by atoms with Crippen LogP contribution in [0, 0.1) is 0 Å². The fourth-order valence-corrected chi connectivity index (χ4v) is 4.25. The molecular formula is C22H21Cl2NO3. The Morgan fingerprint density at radius 2 is 1.89 bits per heavy atom. The summed E-state index contributed by atoms with van der Waals surface area (Å²) in [5.41, 5.74) is 3.43. The Labute approximate surface area is 174 Å². The first-order valence-corrected chi connectivity index (χ1v) is 9.72. The van der Waals surface area contributed by atoms with Crippen LogP contribution in [0.5, 0.6) is 0 Å². The maximum absolute atomic E-state index is 13.3. The molecular weight excluding hydrogens is 397 g/mol. The van der Waals surface area contributed by atoms with Crippen LogP contribution in [0.1, 0.15) is 41.9 Å². The van der Waals surface area contributed by atoms with Gasteiger partial charge < -0.3 is 10.0 Å². The van der Waals surface area contributed by atoms with Crippen molar-refractivity contribution >= 4 is 35.1 Å². The lowest BCUT2D eigenvalue weighted by Gasteiger charge is -2.25. The van der Waals surface area contributed by atoms with Crippen LogP contribution in [-0.4, -0.2) is 35.0 Å². The zero-order valence-corrected chi connectivity index (χ0v) is 17.0. The number of halogens is 2. The molecule has 3 rings (SSSR count). The van der Waals surface area contributed by atoms with Gasteiger partial charge >= 0.3 is 5.97 Å². The van der Waals surface area contributed by atoms with Gasteiger partial charge in [-0.15, -0.1) is 6.58 Å². The fraction of sp³-hybridized carbons (Fsp3) is 0.273. The molecule has 2 aromatic rings. The van der Waals surface area contributed by atoms with Crippen LogP contribution < -0.4 is 0 Å². The van der Waals surface area contributed by atoms with Gasteiger partial charge in [-0.2, -0.15) is 0 Å². The number of carboxylic acids is 1. The first kappa shape index (κ1) is 20.4. The molecule has 1 heterocycles. The number of nitrogens with zero attached hydrogens (tertiary/aromatic N) is 1. The van der Waals surface area contributed by atoms with Crippen LogP contribution in [0.4, 0.5) is 0 Å². The maximum Gasteiger partial charge on any atom is 0.323 e. The zero-order valence-electron chi connectivity index (χ0n) is 15.5. The highest BCUT2D eigenvalue weighted by Gasteiger charge is 2.37. The van der Waals surface area contributed by atoms with Crippen LogP contribution in [0.3, 0.4) is 0 Å². The number of carbonyl (C=O) groups is 2. The molecule has 146 valence electrons. The van der Waals surface area contributed by atoms with Crippen LogP contribution in [0.25, 0.3) is 0 Å². The van der Waals surface area contributed by atoms with E-state index in [0.29, 0.717) is 16.5 Å². The second-order valence-corrected chi connectivity index (χ2v) is 8.02. The monoisotopic (exact) mass is 417 g/mol. The molecule has 0 radical (unpaired) electrons. The molecule has 2 aromatic carbocycles. The van der Waals surface area contributed by atoms with Crippen LogP contribution >= 0.6 is 23.2 Å². The van der Waals surface area contributed by atoms with Gasteiger partial charge in [0.1, 0.15) is 6.54 Å².